The Morgan fingerprint density at radius 3 is 2.60 bits per heavy atom. The highest BCUT2D eigenvalue weighted by Crippen LogP contribution is 2.38. The molecule has 1 aliphatic carbocycles. The number of rotatable bonds is 1. The van der Waals surface area contributed by atoms with Crippen molar-refractivity contribution in [1.29, 1.82) is 0 Å². The Balaban J connectivity index is 1.79. The summed E-state index contributed by atoms with van der Waals surface area (Å²) >= 11 is 5.84. The fourth-order valence-corrected chi connectivity index (χ4v) is 3.05. The number of nitrogens with zero attached hydrogens (tertiary/aromatic N) is 3. The maximum absolute atomic E-state index is 5.84. The van der Waals surface area contributed by atoms with Gasteiger partial charge in [-0.1, -0.05) is 18.0 Å². The molecule has 0 spiro atoms. The predicted octanol–water partition coefficient (Wildman–Crippen LogP) is 2.37. The molecular formula is C11H14ClN3. The molecule has 1 aliphatic heterocycles. The maximum atomic E-state index is 5.84. The zero-order chi connectivity index (χ0) is 10.3. The molecule has 1 saturated carbocycles. The lowest BCUT2D eigenvalue weighted by atomic mass is 10.0. The van der Waals surface area contributed by atoms with Crippen LogP contribution >= 0.6 is 11.6 Å². The van der Waals surface area contributed by atoms with E-state index in [-0.39, 0.29) is 0 Å². The number of halogens is 1. The van der Waals surface area contributed by atoms with E-state index in [1.165, 1.54) is 19.3 Å². The minimum atomic E-state index is 0.490. The van der Waals surface area contributed by atoms with Crippen molar-refractivity contribution in [3.63, 3.8) is 0 Å². The second-order valence-electron chi connectivity index (χ2n) is 4.56. The number of fused-ring (bicyclic) bond motifs is 1. The molecule has 2 fully saturated rings. The largest absolute Gasteiger partial charge is 0.355 e. The van der Waals surface area contributed by atoms with E-state index in [9.17, 15) is 0 Å². The molecule has 3 nitrogen and oxygen atoms in total. The van der Waals surface area contributed by atoms with E-state index in [1.807, 2.05) is 6.20 Å². The van der Waals surface area contributed by atoms with Crippen LogP contribution < -0.4 is 4.90 Å². The summed E-state index contributed by atoms with van der Waals surface area (Å²) in [6, 6.07) is 0. The summed E-state index contributed by atoms with van der Waals surface area (Å²) in [5, 5.41) is 0.490. The minimum Gasteiger partial charge on any atom is -0.355 e. The van der Waals surface area contributed by atoms with E-state index in [0.717, 1.165) is 30.7 Å². The standard InChI is InChI=1S/C11H14ClN3/c12-10-4-13-5-11(14-10)15-6-8-2-1-3-9(8)7-15/h4-5,8-9H,1-3,6-7H2. The molecule has 0 amide bonds. The van der Waals surface area contributed by atoms with Gasteiger partial charge in [0.25, 0.3) is 0 Å². The van der Waals surface area contributed by atoms with Gasteiger partial charge in [0.05, 0.1) is 12.4 Å². The quantitative estimate of drug-likeness (QED) is 0.732. The zero-order valence-electron chi connectivity index (χ0n) is 8.56. The molecule has 0 radical (unpaired) electrons. The second-order valence-corrected chi connectivity index (χ2v) is 4.94. The van der Waals surface area contributed by atoms with Crippen LogP contribution in [-0.4, -0.2) is 23.1 Å². The highest BCUT2D eigenvalue weighted by molar-refractivity contribution is 6.29. The first-order valence-electron chi connectivity index (χ1n) is 5.55. The Kier molecular flexibility index (Phi) is 2.28. The van der Waals surface area contributed by atoms with Gasteiger partial charge in [0.1, 0.15) is 11.0 Å². The highest BCUT2D eigenvalue weighted by atomic mass is 35.5. The van der Waals surface area contributed by atoms with E-state index in [1.54, 1.807) is 6.20 Å². The van der Waals surface area contributed by atoms with Crippen molar-refractivity contribution >= 4 is 17.4 Å². The van der Waals surface area contributed by atoms with Gasteiger partial charge in [-0.3, -0.25) is 4.98 Å². The Hall–Kier alpha value is -0.830. The molecule has 2 aliphatic rings. The molecule has 15 heavy (non-hydrogen) atoms. The topological polar surface area (TPSA) is 29.0 Å². The van der Waals surface area contributed by atoms with Crippen LogP contribution in [0.15, 0.2) is 12.4 Å². The summed E-state index contributed by atoms with van der Waals surface area (Å²) in [6.07, 6.45) is 7.57. The number of aromatic nitrogens is 2. The fourth-order valence-electron chi connectivity index (χ4n) is 2.91. The molecule has 4 heteroatoms. The third kappa shape index (κ3) is 1.69. The smallest absolute Gasteiger partial charge is 0.149 e. The molecule has 3 rings (SSSR count). The van der Waals surface area contributed by atoms with Crippen molar-refractivity contribution in [3.05, 3.63) is 17.5 Å². The lowest BCUT2D eigenvalue weighted by Crippen LogP contribution is -2.21. The molecule has 0 aromatic carbocycles. The molecule has 2 atom stereocenters. The molecule has 1 saturated heterocycles. The first-order chi connectivity index (χ1) is 7.33. The average molecular weight is 224 g/mol. The van der Waals surface area contributed by atoms with Gasteiger partial charge in [0.2, 0.25) is 0 Å². The Labute approximate surface area is 94.5 Å². The van der Waals surface area contributed by atoms with Crippen LogP contribution in [0, 0.1) is 11.8 Å². The Bertz CT molecular complexity index is 357. The molecule has 80 valence electrons. The van der Waals surface area contributed by atoms with Gasteiger partial charge < -0.3 is 4.90 Å². The number of hydrogen-bond donors (Lipinski definition) is 0. The van der Waals surface area contributed by atoms with Crippen LogP contribution in [0.2, 0.25) is 5.15 Å². The fraction of sp³-hybridized carbons (Fsp3) is 0.636. The third-order valence-electron chi connectivity index (χ3n) is 3.64. The van der Waals surface area contributed by atoms with Crippen LogP contribution in [0.5, 0.6) is 0 Å². The van der Waals surface area contributed by atoms with E-state index < -0.39 is 0 Å². The van der Waals surface area contributed by atoms with Gasteiger partial charge in [-0.2, -0.15) is 0 Å². The Morgan fingerprint density at radius 2 is 1.93 bits per heavy atom. The van der Waals surface area contributed by atoms with Gasteiger partial charge in [0.15, 0.2) is 0 Å². The Morgan fingerprint density at radius 1 is 1.20 bits per heavy atom. The van der Waals surface area contributed by atoms with E-state index >= 15 is 0 Å². The van der Waals surface area contributed by atoms with Crippen LogP contribution in [-0.2, 0) is 0 Å². The molecule has 0 N–H and O–H groups in total. The first-order valence-corrected chi connectivity index (χ1v) is 5.93. The molecule has 1 aromatic heterocycles. The molecule has 0 bridgehead atoms. The average Bonchev–Trinajstić information content (AvgIpc) is 2.76. The summed E-state index contributed by atoms with van der Waals surface area (Å²) in [4.78, 5) is 10.7. The normalized spacial score (nSPS) is 29.5. The monoisotopic (exact) mass is 223 g/mol. The van der Waals surface area contributed by atoms with Crippen LogP contribution in [0.1, 0.15) is 19.3 Å². The van der Waals surface area contributed by atoms with Crippen molar-refractivity contribution in [3.8, 4) is 0 Å². The van der Waals surface area contributed by atoms with Crippen molar-refractivity contribution in [1.82, 2.24) is 9.97 Å². The molecule has 2 unspecified atom stereocenters. The predicted molar refractivity (Wildman–Crippen MR) is 60.1 cm³/mol. The van der Waals surface area contributed by atoms with Crippen LogP contribution in [0.4, 0.5) is 5.82 Å². The summed E-state index contributed by atoms with van der Waals surface area (Å²) in [6.45, 7) is 2.28. The molecule has 1 aromatic rings. The van der Waals surface area contributed by atoms with E-state index in [2.05, 4.69) is 14.9 Å². The second kappa shape index (κ2) is 3.63. The lowest BCUT2D eigenvalue weighted by molar-refractivity contribution is 0.494. The van der Waals surface area contributed by atoms with Gasteiger partial charge in [-0.05, 0) is 24.7 Å². The van der Waals surface area contributed by atoms with Crippen molar-refractivity contribution in [2.45, 2.75) is 19.3 Å². The van der Waals surface area contributed by atoms with Crippen LogP contribution in [0.3, 0.4) is 0 Å². The molecular weight excluding hydrogens is 210 g/mol. The van der Waals surface area contributed by atoms with E-state index in [0.29, 0.717) is 5.15 Å². The van der Waals surface area contributed by atoms with Crippen molar-refractivity contribution < 1.29 is 0 Å². The van der Waals surface area contributed by atoms with E-state index in [4.69, 9.17) is 11.6 Å². The summed E-state index contributed by atoms with van der Waals surface area (Å²) < 4.78 is 0. The number of anilines is 1. The zero-order valence-corrected chi connectivity index (χ0v) is 9.32. The number of hydrogen-bond acceptors (Lipinski definition) is 3. The lowest BCUT2D eigenvalue weighted by Gasteiger charge is -2.17. The van der Waals surface area contributed by atoms with Gasteiger partial charge in [-0.25, -0.2) is 4.98 Å². The van der Waals surface area contributed by atoms with Gasteiger partial charge in [0, 0.05) is 13.1 Å². The van der Waals surface area contributed by atoms with Crippen molar-refractivity contribution in [2.24, 2.45) is 11.8 Å². The summed E-state index contributed by atoms with van der Waals surface area (Å²) in [7, 11) is 0. The minimum absolute atomic E-state index is 0.490. The van der Waals surface area contributed by atoms with Gasteiger partial charge >= 0.3 is 0 Å². The third-order valence-corrected chi connectivity index (χ3v) is 3.82. The first kappa shape index (κ1) is 9.40. The van der Waals surface area contributed by atoms with Gasteiger partial charge in [-0.15, -0.1) is 0 Å². The summed E-state index contributed by atoms with van der Waals surface area (Å²) in [5.74, 6) is 2.70. The summed E-state index contributed by atoms with van der Waals surface area (Å²) in [5.41, 5.74) is 0. The highest BCUT2D eigenvalue weighted by Gasteiger charge is 2.36. The maximum Gasteiger partial charge on any atom is 0.149 e. The van der Waals surface area contributed by atoms with Crippen molar-refractivity contribution in [2.75, 3.05) is 18.0 Å². The SMILES string of the molecule is Clc1cncc(N2CC3CCCC3C2)n1. The molecule has 2 heterocycles. The van der Waals surface area contributed by atoms with Crippen LogP contribution in [0.25, 0.3) is 0 Å².